The second kappa shape index (κ2) is 9.25. The van der Waals surface area contributed by atoms with Crippen LogP contribution >= 0.6 is 23.4 Å². The molecule has 0 aliphatic rings. The summed E-state index contributed by atoms with van der Waals surface area (Å²) in [5, 5.41) is 13.7. The highest BCUT2D eigenvalue weighted by Gasteiger charge is 2.11. The van der Waals surface area contributed by atoms with Gasteiger partial charge in [-0.15, -0.1) is 11.8 Å². The number of halogens is 1. The fourth-order valence-electron chi connectivity index (χ4n) is 1.98. The van der Waals surface area contributed by atoms with Crippen molar-refractivity contribution in [3.8, 4) is 0 Å². The smallest absolute Gasteiger partial charge is 0.288 e. The molecule has 5 nitrogen and oxygen atoms in total. The third-order valence-corrected chi connectivity index (χ3v) is 4.62. The molecule has 0 unspecified atom stereocenters. The van der Waals surface area contributed by atoms with Gasteiger partial charge in [0.1, 0.15) is 5.02 Å². The molecule has 0 radical (unpaired) electrons. The summed E-state index contributed by atoms with van der Waals surface area (Å²) in [6.07, 6.45) is 2.87. The summed E-state index contributed by atoms with van der Waals surface area (Å²) in [5.74, 6) is 0.511. The van der Waals surface area contributed by atoms with E-state index in [2.05, 4.69) is 29.6 Å². The number of nitro benzene ring substituents is 1. The Morgan fingerprint density at radius 3 is 2.68 bits per heavy atom. The van der Waals surface area contributed by atoms with Gasteiger partial charge in [0.05, 0.1) is 4.92 Å². The van der Waals surface area contributed by atoms with Gasteiger partial charge in [-0.2, -0.15) is 0 Å². The predicted molar refractivity (Wildman–Crippen MR) is 102 cm³/mol. The van der Waals surface area contributed by atoms with Crippen LogP contribution in [0, 0.1) is 17.0 Å². The Kier molecular flexibility index (Phi) is 7.03. The number of carbonyl (C=O) groups excluding carboxylic acids is 1. The molecule has 0 spiro atoms. The quantitative estimate of drug-likeness (QED) is 0.254. The minimum Gasteiger partial charge on any atom is -0.352 e. The highest BCUT2D eigenvalue weighted by atomic mass is 35.5. The van der Waals surface area contributed by atoms with Crippen molar-refractivity contribution in [1.82, 2.24) is 5.32 Å². The topological polar surface area (TPSA) is 72.2 Å². The average Bonchev–Trinajstić information content (AvgIpc) is 2.59. The van der Waals surface area contributed by atoms with Gasteiger partial charge in [-0.1, -0.05) is 35.4 Å². The minimum absolute atomic E-state index is 0.0692. The third-order valence-electron chi connectivity index (χ3n) is 3.29. The first-order valence-corrected chi connectivity index (χ1v) is 8.91. The summed E-state index contributed by atoms with van der Waals surface area (Å²) in [6.45, 7) is 2.57. The third kappa shape index (κ3) is 6.25. The van der Waals surface area contributed by atoms with Crippen molar-refractivity contribution >= 4 is 41.0 Å². The second-order valence-electron chi connectivity index (χ2n) is 5.25. The zero-order valence-electron chi connectivity index (χ0n) is 13.6. The van der Waals surface area contributed by atoms with Crippen molar-refractivity contribution in [3.05, 3.63) is 74.8 Å². The lowest BCUT2D eigenvalue weighted by molar-refractivity contribution is -0.384. The molecule has 0 fully saturated rings. The number of aryl methyl sites for hydroxylation is 1. The maximum atomic E-state index is 11.8. The number of hydrogen-bond donors (Lipinski definition) is 1. The maximum absolute atomic E-state index is 11.8. The van der Waals surface area contributed by atoms with Crippen LogP contribution in [-0.4, -0.2) is 23.1 Å². The lowest BCUT2D eigenvalue weighted by Crippen LogP contribution is -2.23. The summed E-state index contributed by atoms with van der Waals surface area (Å²) >= 11 is 7.41. The average molecular weight is 377 g/mol. The molecular weight excluding hydrogens is 360 g/mol. The highest BCUT2D eigenvalue weighted by Crippen LogP contribution is 2.25. The molecule has 0 atom stereocenters. The van der Waals surface area contributed by atoms with Crippen molar-refractivity contribution in [2.24, 2.45) is 0 Å². The number of thioether (sulfide) groups is 1. The Balaban J connectivity index is 1.80. The van der Waals surface area contributed by atoms with Crippen LogP contribution in [0.4, 0.5) is 5.69 Å². The number of nitrogens with one attached hydrogen (secondary N) is 1. The van der Waals surface area contributed by atoms with E-state index in [0.717, 1.165) is 10.6 Å². The molecule has 2 rings (SSSR count). The largest absolute Gasteiger partial charge is 0.352 e. The van der Waals surface area contributed by atoms with Crippen LogP contribution in [0.5, 0.6) is 0 Å². The summed E-state index contributed by atoms with van der Waals surface area (Å²) in [4.78, 5) is 23.2. The first-order valence-electron chi connectivity index (χ1n) is 7.55. The number of carbonyl (C=O) groups is 1. The van der Waals surface area contributed by atoms with Crippen molar-refractivity contribution in [3.63, 3.8) is 0 Å². The normalized spacial score (nSPS) is 10.8. The van der Waals surface area contributed by atoms with E-state index in [9.17, 15) is 14.9 Å². The van der Waals surface area contributed by atoms with E-state index in [1.807, 2.05) is 6.92 Å². The maximum Gasteiger partial charge on any atom is 0.288 e. The van der Waals surface area contributed by atoms with E-state index in [1.165, 1.54) is 29.8 Å². The van der Waals surface area contributed by atoms with E-state index in [4.69, 9.17) is 11.6 Å². The second-order valence-corrected chi connectivity index (χ2v) is 6.83. The van der Waals surface area contributed by atoms with Crippen molar-refractivity contribution in [2.45, 2.75) is 11.8 Å². The molecule has 1 amide bonds. The Bertz CT molecular complexity index is 791. The van der Waals surface area contributed by atoms with Crippen LogP contribution in [0.2, 0.25) is 5.02 Å². The molecule has 0 bridgehead atoms. The number of amides is 1. The molecule has 2 aromatic carbocycles. The SMILES string of the molecule is Cc1ccc(SCCNC(=O)/C=C/c2ccc(Cl)c([N+](=O)[O-])c2)cc1. The van der Waals surface area contributed by atoms with E-state index >= 15 is 0 Å². The Morgan fingerprint density at radius 1 is 1.28 bits per heavy atom. The van der Waals surface area contributed by atoms with Crippen LogP contribution in [0.15, 0.2) is 53.4 Å². The van der Waals surface area contributed by atoms with E-state index in [1.54, 1.807) is 17.8 Å². The highest BCUT2D eigenvalue weighted by molar-refractivity contribution is 7.99. The molecule has 2 aromatic rings. The minimum atomic E-state index is -0.554. The zero-order valence-corrected chi connectivity index (χ0v) is 15.1. The summed E-state index contributed by atoms with van der Waals surface area (Å²) in [7, 11) is 0. The molecule has 0 aliphatic carbocycles. The summed E-state index contributed by atoms with van der Waals surface area (Å²) in [6, 6.07) is 12.6. The number of benzene rings is 2. The standard InChI is InChI=1S/C18H17ClN2O3S/c1-13-2-6-15(7-3-13)25-11-10-20-18(22)9-5-14-4-8-16(19)17(12-14)21(23)24/h2-9,12H,10-11H2,1H3,(H,20,22)/b9-5+. The number of hydrogen-bond acceptors (Lipinski definition) is 4. The van der Waals surface area contributed by atoms with Crippen molar-refractivity contribution in [2.75, 3.05) is 12.3 Å². The van der Waals surface area contributed by atoms with Crippen molar-refractivity contribution < 1.29 is 9.72 Å². The summed E-state index contributed by atoms with van der Waals surface area (Å²) < 4.78 is 0. The molecule has 130 valence electrons. The van der Waals surface area contributed by atoms with E-state index < -0.39 is 4.92 Å². The molecule has 0 heterocycles. The molecule has 7 heteroatoms. The number of nitro groups is 1. The monoisotopic (exact) mass is 376 g/mol. The molecular formula is C18H17ClN2O3S. The molecule has 0 saturated carbocycles. The van der Waals surface area contributed by atoms with Crippen LogP contribution in [0.25, 0.3) is 6.08 Å². The van der Waals surface area contributed by atoms with Crippen LogP contribution in [-0.2, 0) is 4.79 Å². The molecule has 25 heavy (non-hydrogen) atoms. The van der Waals surface area contributed by atoms with Gasteiger partial charge in [0.2, 0.25) is 5.91 Å². The number of nitrogens with zero attached hydrogens (tertiary/aromatic N) is 1. The van der Waals surface area contributed by atoms with E-state index in [-0.39, 0.29) is 16.6 Å². The van der Waals surface area contributed by atoms with E-state index in [0.29, 0.717) is 12.1 Å². The fourth-order valence-corrected chi connectivity index (χ4v) is 2.94. The van der Waals surface area contributed by atoms with Gasteiger partial charge in [0, 0.05) is 29.3 Å². The van der Waals surface area contributed by atoms with Crippen molar-refractivity contribution in [1.29, 1.82) is 0 Å². The van der Waals surface area contributed by atoms with Gasteiger partial charge in [-0.25, -0.2) is 0 Å². The molecule has 0 aliphatic heterocycles. The Morgan fingerprint density at radius 2 is 2.00 bits per heavy atom. The fraction of sp³-hybridized carbons (Fsp3) is 0.167. The van der Waals surface area contributed by atoms with Crippen LogP contribution in [0.3, 0.4) is 0 Å². The first kappa shape index (κ1) is 19.0. The predicted octanol–water partition coefficient (Wildman–Crippen LogP) is 4.48. The van der Waals surface area contributed by atoms with Gasteiger partial charge in [0.25, 0.3) is 5.69 Å². The Labute approximate surface area is 155 Å². The van der Waals surface area contributed by atoms with Gasteiger partial charge >= 0.3 is 0 Å². The molecule has 0 aromatic heterocycles. The lowest BCUT2D eigenvalue weighted by Gasteiger charge is -2.03. The Hall–Kier alpha value is -2.31. The zero-order chi connectivity index (χ0) is 18.2. The van der Waals surface area contributed by atoms with Crippen LogP contribution < -0.4 is 5.32 Å². The molecule has 1 N–H and O–H groups in total. The van der Waals surface area contributed by atoms with Gasteiger partial charge in [-0.05, 0) is 36.8 Å². The van der Waals surface area contributed by atoms with Gasteiger partial charge in [0.15, 0.2) is 0 Å². The summed E-state index contributed by atoms with van der Waals surface area (Å²) in [5.41, 5.74) is 1.57. The molecule has 0 saturated heterocycles. The van der Waals surface area contributed by atoms with Crippen LogP contribution in [0.1, 0.15) is 11.1 Å². The lowest BCUT2D eigenvalue weighted by atomic mass is 10.2. The van der Waals surface area contributed by atoms with Gasteiger partial charge < -0.3 is 5.32 Å². The number of rotatable bonds is 7. The first-order chi connectivity index (χ1) is 12.0. The van der Waals surface area contributed by atoms with Gasteiger partial charge in [-0.3, -0.25) is 14.9 Å².